The van der Waals surface area contributed by atoms with Gasteiger partial charge in [0.15, 0.2) is 0 Å². The minimum Gasteiger partial charge on any atom is -0.389 e. The highest BCUT2D eigenvalue weighted by atomic mass is 16.5. The Morgan fingerprint density at radius 1 is 1.53 bits per heavy atom. The average Bonchev–Trinajstić information content (AvgIpc) is 2.71. The summed E-state index contributed by atoms with van der Waals surface area (Å²) < 4.78 is 6.77. The molecule has 1 rings (SSSR count). The Balaban J connectivity index is 2.34. The van der Waals surface area contributed by atoms with Gasteiger partial charge in [-0.3, -0.25) is 0 Å². The van der Waals surface area contributed by atoms with Crippen molar-refractivity contribution in [3.05, 3.63) is 11.9 Å². The zero-order chi connectivity index (χ0) is 12.7. The Hall–Kier alpha value is -0.980. The summed E-state index contributed by atoms with van der Waals surface area (Å²) in [5, 5.41) is 20.9. The number of aromatic nitrogens is 3. The van der Waals surface area contributed by atoms with Gasteiger partial charge in [0, 0.05) is 25.4 Å². The fraction of sp³-hybridized carbons (Fsp3) is 0.818. The van der Waals surface area contributed by atoms with Crippen LogP contribution >= 0.6 is 0 Å². The Bertz CT molecular complexity index is 314. The van der Waals surface area contributed by atoms with Crippen LogP contribution < -0.4 is 5.32 Å². The quantitative estimate of drug-likeness (QED) is 0.680. The number of hydrogen-bond acceptors (Lipinski definition) is 5. The van der Waals surface area contributed by atoms with Crippen LogP contribution in [0.1, 0.15) is 26.5 Å². The molecule has 0 aliphatic rings. The molecule has 1 aromatic rings. The molecule has 0 spiro atoms. The van der Waals surface area contributed by atoms with Gasteiger partial charge >= 0.3 is 0 Å². The summed E-state index contributed by atoms with van der Waals surface area (Å²) in [6.07, 6.45) is 1.30. The summed E-state index contributed by atoms with van der Waals surface area (Å²) in [7, 11) is 0. The number of hydrogen-bond donors (Lipinski definition) is 2. The Morgan fingerprint density at radius 3 is 2.94 bits per heavy atom. The maximum atomic E-state index is 9.63. The van der Waals surface area contributed by atoms with Crippen molar-refractivity contribution in [3.8, 4) is 0 Å². The molecule has 1 aromatic heterocycles. The molecular weight excluding hydrogens is 220 g/mol. The third kappa shape index (κ3) is 5.76. The van der Waals surface area contributed by atoms with E-state index in [2.05, 4.69) is 29.5 Å². The van der Waals surface area contributed by atoms with E-state index in [1.165, 1.54) is 0 Å². The van der Waals surface area contributed by atoms with E-state index in [-0.39, 0.29) is 0 Å². The highest BCUT2D eigenvalue weighted by Gasteiger charge is 2.07. The van der Waals surface area contributed by atoms with Crippen molar-refractivity contribution in [1.29, 1.82) is 0 Å². The number of aliphatic hydroxyl groups is 1. The molecule has 0 saturated heterocycles. The molecule has 17 heavy (non-hydrogen) atoms. The van der Waals surface area contributed by atoms with Crippen LogP contribution in [-0.2, 0) is 17.8 Å². The standard InChI is InChI=1S/C11H22N4O2/c1-4-17-8-11(16)7-15-6-10(13-14-15)5-12-9(2)3/h6,9,11-12,16H,4-5,7-8H2,1-3H3. The summed E-state index contributed by atoms with van der Waals surface area (Å²) in [5.74, 6) is 0. The van der Waals surface area contributed by atoms with Crippen molar-refractivity contribution in [2.75, 3.05) is 13.2 Å². The lowest BCUT2D eigenvalue weighted by atomic mass is 10.3. The topological polar surface area (TPSA) is 72.2 Å². The van der Waals surface area contributed by atoms with Crippen molar-refractivity contribution in [2.24, 2.45) is 0 Å². The molecule has 0 saturated carbocycles. The first kappa shape index (κ1) is 14.1. The van der Waals surface area contributed by atoms with Gasteiger partial charge in [-0.05, 0) is 6.92 Å². The Kier molecular flexibility index (Phi) is 6.10. The van der Waals surface area contributed by atoms with Gasteiger partial charge in [0.05, 0.1) is 24.9 Å². The second-order valence-electron chi connectivity index (χ2n) is 4.28. The zero-order valence-electron chi connectivity index (χ0n) is 10.8. The number of ether oxygens (including phenoxy) is 1. The van der Waals surface area contributed by atoms with Crippen molar-refractivity contribution < 1.29 is 9.84 Å². The molecular formula is C11H22N4O2. The SMILES string of the molecule is CCOCC(O)Cn1cc(CNC(C)C)nn1. The van der Waals surface area contributed by atoms with Crippen LogP contribution in [0.25, 0.3) is 0 Å². The largest absolute Gasteiger partial charge is 0.389 e. The third-order valence-corrected chi connectivity index (χ3v) is 2.19. The molecule has 2 N–H and O–H groups in total. The molecule has 6 nitrogen and oxygen atoms in total. The smallest absolute Gasteiger partial charge is 0.0969 e. The van der Waals surface area contributed by atoms with Crippen LogP contribution in [0.2, 0.25) is 0 Å². The maximum Gasteiger partial charge on any atom is 0.0969 e. The van der Waals surface area contributed by atoms with Gasteiger partial charge in [-0.25, -0.2) is 4.68 Å². The summed E-state index contributed by atoms with van der Waals surface area (Å²) >= 11 is 0. The lowest BCUT2D eigenvalue weighted by Crippen LogP contribution is -2.22. The molecule has 1 heterocycles. The fourth-order valence-electron chi connectivity index (χ4n) is 1.34. The second-order valence-corrected chi connectivity index (χ2v) is 4.28. The van der Waals surface area contributed by atoms with Crippen LogP contribution in [-0.4, -0.2) is 45.5 Å². The minimum absolute atomic E-state index is 0.329. The van der Waals surface area contributed by atoms with Crippen molar-refractivity contribution in [1.82, 2.24) is 20.3 Å². The summed E-state index contributed by atoms with van der Waals surface area (Å²) in [5.41, 5.74) is 0.877. The molecule has 0 amide bonds. The normalized spacial score (nSPS) is 13.2. The van der Waals surface area contributed by atoms with Crippen LogP contribution in [0.15, 0.2) is 6.20 Å². The Labute approximate surface area is 102 Å². The zero-order valence-corrected chi connectivity index (χ0v) is 10.8. The fourth-order valence-corrected chi connectivity index (χ4v) is 1.34. The Morgan fingerprint density at radius 2 is 2.29 bits per heavy atom. The van der Waals surface area contributed by atoms with E-state index < -0.39 is 6.10 Å². The van der Waals surface area contributed by atoms with Crippen molar-refractivity contribution in [3.63, 3.8) is 0 Å². The van der Waals surface area contributed by atoms with Crippen molar-refractivity contribution >= 4 is 0 Å². The number of aliphatic hydroxyl groups excluding tert-OH is 1. The van der Waals surface area contributed by atoms with Crippen LogP contribution in [0.5, 0.6) is 0 Å². The van der Waals surface area contributed by atoms with E-state index in [4.69, 9.17) is 4.74 Å². The van der Waals surface area contributed by atoms with Crippen LogP contribution in [0.3, 0.4) is 0 Å². The van der Waals surface area contributed by atoms with Crippen LogP contribution in [0, 0.1) is 0 Å². The molecule has 0 radical (unpaired) electrons. The van der Waals surface area contributed by atoms with Gasteiger partial charge in [0.25, 0.3) is 0 Å². The molecule has 0 bridgehead atoms. The first-order valence-corrected chi connectivity index (χ1v) is 6.00. The monoisotopic (exact) mass is 242 g/mol. The highest BCUT2D eigenvalue weighted by Crippen LogP contribution is 1.96. The molecule has 0 aliphatic heterocycles. The van der Waals surface area contributed by atoms with Gasteiger partial charge in [-0.15, -0.1) is 5.10 Å². The summed E-state index contributed by atoms with van der Waals surface area (Å²) in [4.78, 5) is 0. The third-order valence-electron chi connectivity index (χ3n) is 2.19. The first-order valence-electron chi connectivity index (χ1n) is 6.00. The summed E-state index contributed by atoms with van der Waals surface area (Å²) in [6, 6.07) is 0.420. The number of rotatable bonds is 8. The molecule has 1 unspecified atom stereocenters. The second kappa shape index (κ2) is 7.37. The van der Waals surface area contributed by atoms with Gasteiger partial charge in [0.2, 0.25) is 0 Å². The van der Waals surface area contributed by atoms with Gasteiger partial charge in [-0.2, -0.15) is 0 Å². The maximum absolute atomic E-state index is 9.63. The first-order chi connectivity index (χ1) is 8.11. The minimum atomic E-state index is -0.539. The van der Waals surface area contributed by atoms with Crippen LogP contribution in [0.4, 0.5) is 0 Å². The van der Waals surface area contributed by atoms with Gasteiger partial charge < -0.3 is 15.2 Å². The van der Waals surface area contributed by atoms with E-state index >= 15 is 0 Å². The summed E-state index contributed by atoms with van der Waals surface area (Å²) in [6.45, 7) is 8.10. The molecule has 6 heteroatoms. The van der Waals surface area contributed by atoms with E-state index in [1.807, 2.05) is 13.1 Å². The van der Waals surface area contributed by atoms with E-state index in [0.717, 1.165) is 5.69 Å². The average molecular weight is 242 g/mol. The van der Waals surface area contributed by atoms with E-state index in [9.17, 15) is 5.11 Å². The predicted molar refractivity (Wildman–Crippen MR) is 64.5 cm³/mol. The van der Waals surface area contributed by atoms with Gasteiger partial charge in [-0.1, -0.05) is 19.1 Å². The van der Waals surface area contributed by atoms with E-state index in [1.54, 1.807) is 4.68 Å². The molecule has 1 atom stereocenters. The molecule has 0 aromatic carbocycles. The predicted octanol–water partition coefficient (Wildman–Crippen LogP) is 0.173. The highest BCUT2D eigenvalue weighted by molar-refractivity contribution is 4.92. The molecule has 98 valence electrons. The molecule has 0 fully saturated rings. The lowest BCUT2D eigenvalue weighted by molar-refractivity contribution is 0.0313. The van der Waals surface area contributed by atoms with E-state index in [0.29, 0.717) is 32.3 Å². The van der Waals surface area contributed by atoms with Gasteiger partial charge in [0.1, 0.15) is 0 Å². The van der Waals surface area contributed by atoms with Crippen molar-refractivity contribution in [2.45, 2.75) is 46.0 Å². The molecule has 0 aliphatic carbocycles. The lowest BCUT2D eigenvalue weighted by Gasteiger charge is -2.09. The number of nitrogens with one attached hydrogen (secondary N) is 1. The number of nitrogens with zero attached hydrogens (tertiary/aromatic N) is 3.